The molecule has 2 N–H and O–H groups in total. The summed E-state index contributed by atoms with van der Waals surface area (Å²) in [5, 5.41) is 14.9. The molecule has 0 aliphatic carbocycles. The minimum atomic E-state index is -0.959. The summed E-state index contributed by atoms with van der Waals surface area (Å²) in [6.45, 7) is 0. The maximum Gasteiger partial charge on any atom is 0.343 e. The van der Waals surface area contributed by atoms with Crippen LogP contribution in [-0.4, -0.2) is 31.1 Å². The number of carbonyl (C=O) groups is 3. The van der Waals surface area contributed by atoms with Gasteiger partial charge >= 0.3 is 17.8 Å². The number of esters is 1. The second-order valence-electron chi connectivity index (χ2n) is 6.53. The first-order valence-corrected chi connectivity index (χ1v) is 9.59. The molecule has 0 atom stereocenters. The summed E-state index contributed by atoms with van der Waals surface area (Å²) in [6.07, 6.45) is 1.33. The van der Waals surface area contributed by atoms with E-state index in [1.54, 1.807) is 48.5 Å². The third-order valence-electron chi connectivity index (χ3n) is 4.25. The zero-order valence-corrected chi connectivity index (χ0v) is 17.4. The van der Waals surface area contributed by atoms with Gasteiger partial charge in [-0.15, -0.1) is 0 Å². The van der Waals surface area contributed by atoms with Crippen molar-refractivity contribution in [2.75, 3.05) is 12.4 Å². The van der Waals surface area contributed by atoms with Crippen molar-refractivity contribution in [2.45, 2.75) is 0 Å². The molecule has 0 saturated heterocycles. The number of hydrogen-bond donors (Lipinski definition) is 2. The minimum absolute atomic E-state index is 0.325. The van der Waals surface area contributed by atoms with E-state index in [0.29, 0.717) is 33.9 Å². The predicted octanol–water partition coefficient (Wildman–Crippen LogP) is 2.87. The Labute approximate surface area is 189 Å². The summed E-state index contributed by atoms with van der Waals surface area (Å²) >= 11 is 0. The number of rotatable bonds is 6. The van der Waals surface area contributed by atoms with E-state index in [-0.39, 0.29) is 0 Å². The van der Waals surface area contributed by atoms with Crippen molar-refractivity contribution in [3.63, 3.8) is 0 Å². The van der Waals surface area contributed by atoms with E-state index in [9.17, 15) is 14.4 Å². The molecule has 3 aromatic rings. The number of nitrogens with zero attached hydrogens (tertiary/aromatic N) is 2. The Bertz CT molecular complexity index is 1230. The average molecular weight is 442 g/mol. The van der Waals surface area contributed by atoms with Gasteiger partial charge in [-0.2, -0.15) is 10.4 Å². The van der Waals surface area contributed by atoms with Crippen LogP contribution in [0.15, 0.2) is 77.9 Å². The number of nitrogens with one attached hydrogen (secondary N) is 2. The maximum atomic E-state index is 12.2. The van der Waals surface area contributed by atoms with Gasteiger partial charge in [0, 0.05) is 5.69 Å². The zero-order chi connectivity index (χ0) is 23.6. The van der Waals surface area contributed by atoms with Gasteiger partial charge in [0.25, 0.3) is 0 Å². The molecule has 0 heterocycles. The molecule has 0 unspecified atom stereocenters. The molecule has 0 aromatic heterocycles. The van der Waals surface area contributed by atoms with Gasteiger partial charge in [0.05, 0.1) is 30.5 Å². The molecule has 0 fully saturated rings. The minimum Gasteiger partial charge on any atom is -0.497 e. The van der Waals surface area contributed by atoms with Crippen LogP contribution in [0.5, 0.6) is 11.5 Å². The third-order valence-corrected chi connectivity index (χ3v) is 4.25. The lowest BCUT2D eigenvalue weighted by Gasteiger charge is -2.06. The summed E-state index contributed by atoms with van der Waals surface area (Å²) in [6, 6.07) is 21.0. The highest BCUT2D eigenvalue weighted by Gasteiger charge is 2.13. The second kappa shape index (κ2) is 10.9. The van der Waals surface area contributed by atoms with Crippen LogP contribution in [0.25, 0.3) is 0 Å². The molecular formula is C24H18N4O5. The quantitative estimate of drug-likeness (QED) is 0.199. The Hall–Kier alpha value is -4.97. The Balaban J connectivity index is 1.50. The first-order valence-electron chi connectivity index (χ1n) is 9.59. The topological polar surface area (TPSA) is 130 Å². The van der Waals surface area contributed by atoms with Gasteiger partial charge < -0.3 is 14.8 Å². The second-order valence-corrected chi connectivity index (χ2v) is 6.53. The summed E-state index contributed by atoms with van der Waals surface area (Å²) in [5.74, 6) is -1.53. The maximum absolute atomic E-state index is 12.2. The Morgan fingerprint density at radius 3 is 2.33 bits per heavy atom. The van der Waals surface area contributed by atoms with Gasteiger partial charge in [0.2, 0.25) is 0 Å². The summed E-state index contributed by atoms with van der Waals surface area (Å²) in [7, 11) is 1.51. The van der Waals surface area contributed by atoms with Crippen LogP contribution in [0.4, 0.5) is 5.69 Å². The number of amides is 2. The van der Waals surface area contributed by atoms with E-state index < -0.39 is 17.8 Å². The monoisotopic (exact) mass is 442 g/mol. The molecule has 164 valence electrons. The Morgan fingerprint density at radius 1 is 0.939 bits per heavy atom. The number of hydrogen-bond acceptors (Lipinski definition) is 7. The number of anilines is 1. The van der Waals surface area contributed by atoms with Crippen LogP contribution in [0, 0.1) is 11.3 Å². The lowest BCUT2D eigenvalue weighted by atomic mass is 10.2. The number of methoxy groups -OCH3 is 1. The van der Waals surface area contributed by atoms with Gasteiger partial charge in [-0.3, -0.25) is 9.59 Å². The van der Waals surface area contributed by atoms with Crippen LogP contribution in [-0.2, 0) is 9.59 Å². The summed E-state index contributed by atoms with van der Waals surface area (Å²) in [5.41, 5.74) is 3.88. The first-order chi connectivity index (χ1) is 16.0. The number of nitriles is 1. The molecule has 0 spiro atoms. The molecule has 0 radical (unpaired) electrons. The number of ether oxygens (including phenoxy) is 2. The molecule has 9 nitrogen and oxygen atoms in total. The van der Waals surface area contributed by atoms with Gasteiger partial charge in [0.15, 0.2) is 0 Å². The molecule has 9 heteroatoms. The number of benzene rings is 3. The van der Waals surface area contributed by atoms with Crippen LogP contribution in [0.1, 0.15) is 21.5 Å². The van der Waals surface area contributed by atoms with E-state index in [4.69, 9.17) is 14.7 Å². The van der Waals surface area contributed by atoms with Crippen molar-refractivity contribution in [2.24, 2.45) is 5.10 Å². The highest BCUT2D eigenvalue weighted by Crippen LogP contribution is 2.17. The van der Waals surface area contributed by atoms with Crippen molar-refractivity contribution < 1.29 is 23.9 Å². The molecule has 0 saturated carbocycles. The van der Waals surface area contributed by atoms with Crippen molar-refractivity contribution in [3.05, 3.63) is 89.5 Å². The molecule has 0 aliphatic heterocycles. The first kappa shape index (κ1) is 22.7. The fourth-order valence-corrected chi connectivity index (χ4v) is 2.57. The standard InChI is InChI=1S/C24H18N4O5/c1-32-21-4-2-3-18(13-21)24(31)33-20-11-7-17(8-12-20)15-26-28-23(30)22(29)27-19-9-5-16(14-25)6-10-19/h2-13,15H,1H3,(H,27,29)(H,28,30)/b26-15+. The molecule has 2 amide bonds. The van der Waals surface area contributed by atoms with E-state index in [1.807, 2.05) is 6.07 Å². The van der Waals surface area contributed by atoms with Crippen molar-refractivity contribution in [1.82, 2.24) is 5.43 Å². The lowest BCUT2D eigenvalue weighted by Crippen LogP contribution is -2.32. The third kappa shape index (κ3) is 6.50. The largest absolute Gasteiger partial charge is 0.497 e. The zero-order valence-electron chi connectivity index (χ0n) is 17.4. The van der Waals surface area contributed by atoms with Gasteiger partial charge in [0.1, 0.15) is 11.5 Å². The highest BCUT2D eigenvalue weighted by atomic mass is 16.5. The van der Waals surface area contributed by atoms with Crippen molar-refractivity contribution >= 4 is 29.7 Å². The SMILES string of the molecule is COc1cccc(C(=O)Oc2ccc(/C=N/NC(=O)C(=O)Nc3ccc(C#N)cc3)cc2)c1. The lowest BCUT2D eigenvalue weighted by molar-refractivity contribution is -0.136. The van der Waals surface area contributed by atoms with Gasteiger partial charge in [-0.05, 0) is 72.3 Å². The molecule has 3 aromatic carbocycles. The van der Waals surface area contributed by atoms with Crippen LogP contribution >= 0.6 is 0 Å². The molecule has 0 aliphatic rings. The van der Waals surface area contributed by atoms with Crippen molar-refractivity contribution in [1.29, 1.82) is 5.26 Å². The molecule has 0 bridgehead atoms. The summed E-state index contributed by atoms with van der Waals surface area (Å²) < 4.78 is 10.4. The predicted molar refractivity (Wildman–Crippen MR) is 120 cm³/mol. The van der Waals surface area contributed by atoms with E-state index in [0.717, 1.165) is 0 Å². The van der Waals surface area contributed by atoms with E-state index in [2.05, 4.69) is 15.8 Å². The molecule has 3 rings (SSSR count). The fourth-order valence-electron chi connectivity index (χ4n) is 2.57. The van der Waals surface area contributed by atoms with Crippen molar-refractivity contribution in [3.8, 4) is 17.6 Å². The number of hydrazone groups is 1. The molecular weight excluding hydrogens is 424 g/mol. The van der Waals surface area contributed by atoms with Crippen LogP contribution in [0.3, 0.4) is 0 Å². The number of carbonyl (C=O) groups excluding carboxylic acids is 3. The molecule has 33 heavy (non-hydrogen) atoms. The van der Waals surface area contributed by atoms with Gasteiger partial charge in [-0.25, -0.2) is 10.2 Å². The normalized spacial score (nSPS) is 10.2. The van der Waals surface area contributed by atoms with E-state index in [1.165, 1.54) is 37.6 Å². The Morgan fingerprint density at radius 2 is 1.67 bits per heavy atom. The summed E-state index contributed by atoms with van der Waals surface area (Å²) in [4.78, 5) is 36.0. The average Bonchev–Trinajstić information content (AvgIpc) is 2.85. The van der Waals surface area contributed by atoms with E-state index >= 15 is 0 Å². The van der Waals surface area contributed by atoms with Crippen LogP contribution in [0.2, 0.25) is 0 Å². The Kier molecular flexibility index (Phi) is 7.49. The fraction of sp³-hybridized carbons (Fsp3) is 0.0417. The highest BCUT2D eigenvalue weighted by molar-refractivity contribution is 6.39. The van der Waals surface area contributed by atoms with Crippen LogP contribution < -0.4 is 20.2 Å². The smallest absolute Gasteiger partial charge is 0.343 e. The van der Waals surface area contributed by atoms with Gasteiger partial charge in [-0.1, -0.05) is 6.07 Å².